The number of aromatic nitrogens is 3. The fraction of sp³-hybridized carbons (Fsp3) is 0.579. The Kier molecular flexibility index (Phi) is 10.6. The van der Waals surface area contributed by atoms with Crippen molar-refractivity contribution in [2.24, 2.45) is 4.99 Å². The molecule has 0 unspecified atom stereocenters. The van der Waals surface area contributed by atoms with Gasteiger partial charge < -0.3 is 15.5 Å². The predicted molar refractivity (Wildman–Crippen MR) is 131 cm³/mol. The van der Waals surface area contributed by atoms with E-state index in [0.717, 1.165) is 70.7 Å². The third-order valence-electron chi connectivity index (χ3n) is 4.54. The monoisotopic (exact) mass is 530 g/mol. The van der Waals surface area contributed by atoms with E-state index in [1.807, 2.05) is 12.3 Å². The smallest absolute Gasteiger partial charge is 0.225 e. The Morgan fingerprint density at radius 1 is 1.14 bits per heavy atom. The number of nitrogens with zero attached hydrogens (tertiary/aromatic N) is 6. The number of nitrogens with one attached hydrogen (secondary N) is 2. The first-order valence-corrected chi connectivity index (χ1v) is 10.7. The molecular weight excluding hydrogens is 499 g/mol. The molecule has 0 saturated carbocycles. The minimum Gasteiger partial charge on any atom is -0.357 e. The number of aryl methyl sites for hydroxylation is 1. The number of hydrogen-bond acceptors (Lipinski definition) is 7. The molecule has 1 saturated heterocycles. The molecule has 10 heteroatoms. The summed E-state index contributed by atoms with van der Waals surface area (Å²) in [5.74, 6) is 1.71. The van der Waals surface area contributed by atoms with Gasteiger partial charge in [-0.1, -0.05) is 0 Å². The van der Waals surface area contributed by atoms with Crippen LogP contribution in [0.3, 0.4) is 0 Å². The molecule has 29 heavy (non-hydrogen) atoms. The highest BCUT2D eigenvalue weighted by Crippen LogP contribution is 2.11. The summed E-state index contributed by atoms with van der Waals surface area (Å²) in [6, 6.07) is 1.85. The van der Waals surface area contributed by atoms with Crippen LogP contribution in [0.1, 0.15) is 16.8 Å². The van der Waals surface area contributed by atoms with Gasteiger partial charge in [-0.15, -0.1) is 35.3 Å². The maximum atomic E-state index is 4.72. The van der Waals surface area contributed by atoms with Crippen LogP contribution < -0.4 is 15.5 Å². The fourth-order valence-electron chi connectivity index (χ4n) is 3.08. The van der Waals surface area contributed by atoms with E-state index in [1.165, 1.54) is 9.88 Å². The van der Waals surface area contributed by atoms with Crippen LogP contribution in [0.15, 0.2) is 29.6 Å². The lowest BCUT2D eigenvalue weighted by Crippen LogP contribution is -2.47. The van der Waals surface area contributed by atoms with Crippen LogP contribution in [0.2, 0.25) is 0 Å². The Balaban J connectivity index is 0.00000300. The number of halogens is 1. The molecule has 1 aliphatic rings. The minimum atomic E-state index is 0. The van der Waals surface area contributed by atoms with E-state index in [0.29, 0.717) is 0 Å². The van der Waals surface area contributed by atoms with Crippen molar-refractivity contribution in [3.8, 4) is 0 Å². The Hall–Kier alpha value is -1.53. The zero-order valence-electron chi connectivity index (χ0n) is 17.2. The molecular formula is C19H31IN8S. The standard InChI is InChI=1S/C19H30N8S.HI/c1-3-20-18(21-8-5-17-25-15-16(2)28-17)22-9-10-26-11-13-27(14-12-26)19-23-6-4-7-24-19;/h4,6-7,15H,3,5,8-14H2,1-2H3,(H2,20,21,22);1H. The van der Waals surface area contributed by atoms with Crippen LogP contribution in [0.4, 0.5) is 5.95 Å². The van der Waals surface area contributed by atoms with Gasteiger partial charge in [0.1, 0.15) is 0 Å². The first-order chi connectivity index (χ1) is 13.7. The Labute approximate surface area is 194 Å². The van der Waals surface area contributed by atoms with Crippen LogP contribution in [0, 0.1) is 6.92 Å². The van der Waals surface area contributed by atoms with Crippen LogP contribution in [-0.4, -0.2) is 78.2 Å². The SMILES string of the molecule is CCNC(=NCCN1CCN(c2ncccn2)CC1)NCCc1ncc(C)s1.I. The highest BCUT2D eigenvalue weighted by molar-refractivity contribution is 14.0. The van der Waals surface area contributed by atoms with Crippen molar-refractivity contribution >= 4 is 47.2 Å². The lowest BCUT2D eigenvalue weighted by molar-refractivity contribution is 0.263. The van der Waals surface area contributed by atoms with E-state index in [-0.39, 0.29) is 24.0 Å². The van der Waals surface area contributed by atoms with Crippen molar-refractivity contribution in [1.82, 2.24) is 30.5 Å². The predicted octanol–water partition coefficient (Wildman–Crippen LogP) is 1.78. The Morgan fingerprint density at radius 3 is 2.55 bits per heavy atom. The molecule has 3 rings (SSSR count). The summed E-state index contributed by atoms with van der Waals surface area (Å²) in [7, 11) is 0. The van der Waals surface area contributed by atoms with E-state index < -0.39 is 0 Å². The Morgan fingerprint density at radius 2 is 1.90 bits per heavy atom. The maximum Gasteiger partial charge on any atom is 0.225 e. The zero-order chi connectivity index (χ0) is 19.6. The van der Waals surface area contributed by atoms with Crippen molar-refractivity contribution < 1.29 is 0 Å². The number of aliphatic imine (C=N–C) groups is 1. The summed E-state index contributed by atoms with van der Waals surface area (Å²) in [5, 5.41) is 7.89. The van der Waals surface area contributed by atoms with Gasteiger partial charge in [0.25, 0.3) is 0 Å². The van der Waals surface area contributed by atoms with Gasteiger partial charge in [0.05, 0.1) is 11.6 Å². The maximum absolute atomic E-state index is 4.72. The molecule has 2 N–H and O–H groups in total. The van der Waals surface area contributed by atoms with Crippen LogP contribution in [-0.2, 0) is 6.42 Å². The van der Waals surface area contributed by atoms with E-state index in [4.69, 9.17) is 4.99 Å². The van der Waals surface area contributed by atoms with Crippen molar-refractivity contribution in [1.29, 1.82) is 0 Å². The Bertz CT molecular complexity index is 731. The number of thiazole rings is 1. The molecule has 2 aromatic rings. The highest BCUT2D eigenvalue weighted by atomic mass is 127. The van der Waals surface area contributed by atoms with Gasteiger partial charge in [0.2, 0.25) is 5.95 Å². The van der Waals surface area contributed by atoms with Gasteiger partial charge >= 0.3 is 0 Å². The minimum absolute atomic E-state index is 0. The van der Waals surface area contributed by atoms with Gasteiger partial charge in [0, 0.05) is 75.7 Å². The molecule has 0 bridgehead atoms. The van der Waals surface area contributed by atoms with Crippen LogP contribution >= 0.6 is 35.3 Å². The van der Waals surface area contributed by atoms with Crippen molar-refractivity contribution in [2.45, 2.75) is 20.3 Å². The lowest BCUT2D eigenvalue weighted by atomic mass is 10.3. The van der Waals surface area contributed by atoms with Crippen LogP contribution in [0.25, 0.3) is 0 Å². The second-order valence-electron chi connectivity index (χ2n) is 6.68. The normalized spacial score (nSPS) is 15.1. The third kappa shape index (κ3) is 8.01. The van der Waals surface area contributed by atoms with E-state index >= 15 is 0 Å². The first kappa shape index (κ1) is 23.7. The fourth-order valence-corrected chi connectivity index (χ4v) is 3.86. The highest BCUT2D eigenvalue weighted by Gasteiger charge is 2.18. The molecule has 1 fully saturated rings. The van der Waals surface area contributed by atoms with Crippen molar-refractivity contribution in [2.75, 3.05) is 57.3 Å². The zero-order valence-corrected chi connectivity index (χ0v) is 20.3. The topological polar surface area (TPSA) is 81.6 Å². The first-order valence-electron chi connectivity index (χ1n) is 9.92. The lowest BCUT2D eigenvalue weighted by Gasteiger charge is -2.34. The van der Waals surface area contributed by atoms with Gasteiger partial charge in [-0.05, 0) is 19.9 Å². The summed E-state index contributed by atoms with van der Waals surface area (Å²) in [6.45, 7) is 11.6. The van der Waals surface area contributed by atoms with Gasteiger partial charge in [-0.3, -0.25) is 9.89 Å². The average molecular weight is 530 g/mol. The molecule has 0 spiro atoms. The van der Waals surface area contributed by atoms with Crippen molar-refractivity contribution in [3.63, 3.8) is 0 Å². The average Bonchev–Trinajstić information content (AvgIpc) is 3.14. The number of guanidine groups is 1. The number of anilines is 1. The molecule has 160 valence electrons. The summed E-state index contributed by atoms with van der Waals surface area (Å²) < 4.78 is 0. The van der Waals surface area contributed by atoms with Gasteiger partial charge in [-0.25, -0.2) is 15.0 Å². The number of hydrogen-bond donors (Lipinski definition) is 2. The molecule has 0 amide bonds. The summed E-state index contributed by atoms with van der Waals surface area (Å²) in [4.78, 5) is 23.8. The summed E-state index contributed by atoms with van der Waals surface area (Å²) >= 11 is 1.76. The van der Waals surface area contributed by atoms with E-state index in [2.05, 4.69) is 49.2 Å². The summed E-state index contributed by atoms with van der Waals surface area (Å²) in [6.07, 6.45) is 6.46. The summed E-state index contributed by atoms with van der Waals surface area (Å²) in [5.41, 5.74) is 0. The largest absolute Gasteiger partial charge is 0.357 e. The molecule has 0 radical (unpaired) electrons. The quantitative estimate of drug-likeness (QED) is 0.306. The molecule has 0 aromatic carbocycles. The van der Waals surface area contributed by atoms with E-state index in [1.54, 1.807) is 23.7 Å². The molecule has 3 heterocycles. The molecule has 2 aromatic heterocycles. The second-order valence-corrected chi connectivity index (χ2v) is 8.00. The van der Waals surface area contributed by atoms with E-state index in [9.17, 15) is 0 Å². The number of rotatable bonds is 8. The van der Waals surface area contributed by atoms with Gasteiger partial charge in [0.15, 0.2) is 5.96 Å². The second kappa shape index (κ2) is 12.9. The molecule has 0 atom stereocenters. The van der Waals surface area contributed by atoms with Gasteiger partial charge in [-0.2, -0.15) is 0 Å². The molecule has 8 nitrogen and oxygen atoms in total. The van der Waals surface area contributed by atoms with Crippen molar-refractivity contribution in [3.05, 3.63) is 34.5 Å². The third-order valence-corrected chi connectivity index (χ3v) is 5.51. The molecule has 0 aliphatic carbocycles. The van der Waals surface area contributed by atoms with Crippen LogP contribution in [0.5, 0.6) is 0 Å². The molecule has 1 aliphatic heterocycles. The number of piperazine rings is 1.